The van der Waals surface area contributed by atoms with Crippen LogP contribution in [0.2, 0.25) is 0 Å². The standard InChI is InChI=1S/C17H25NO2/c1-17(18-12-13-5-3-2-4-6-13)10-9-14-7-8-15(19)11-16(14)20-17/h7-8,11,13,18-19H,2-6,9-10,12H2,1H3. The van der Waals surface area contributed by atoms with E-state index in [-0.39, 0.29) is 11.5 Å². The summed E-state index contributed by atoms with van der Waals surface area (Å²) in [5, 5.41) is 13.2. The highest BCUT2D eigenvalue weighted by atomic mass is 16.5. The molecule has 1 fully saturated rings. The molecule has 0 spiro atoms. The zero-order chi connectivity index (χ0) is 14.0. The Kier molecular flexibility index (Phi) is 3.88. The van der Waals surface area contributed by atoms with E-state index in [1.54, 1.807) is 12.1 Å². The van der Waals surface area contributed by atoms with Crippen LogP contribution < -0.4 is 10.1 Å². The molecule has 0 aromatic heterocycles. The summed E-state index contributed by atoms with van der Waals surface area (Å²) in [5.74, 6) is 1.91. The Labute approximate surface area is 121 Å². The van der Waals surface area contributed by atoms with E-state index >= 15 is 0 Å². The van der Waals surface area contributed by atoms with Gasteiger partial charge in [0.25, 0.3) is 0 Å². The monoisotopic (exact) mass is 275 g/mol. The first-order valence-corrected chi connectivity index (χ1v) is 7.91. The lowest BCUT2D eigenvalue weighted by Gasteiger charge is -2.38. The topological polar surface area (TPSA) is 41.5 Å². The fourth-order valence-corrected chi connectivity index (χ4v) is 3.39. The fourth-order valence-electron chi connectivity index (χ4n) is 3.39. The number of hydrogen-bond donors (Lipinski definition) is 2. The zero-order valence-corrected chi connectivity index (χ0v) is 12.3. The Morgan fingerprint density at radius 1 is 1.30 bits per heavy atom. The lowest BCUT2D eigenvalue weighted by atomic mass is 9.88. The van der Waals surface area contributed by atoms with Crippen molar-refractivity contribution in [1.29, 1.82) is 0 Å². The smallest absolute Gasteiger partial charge is 0.158 e. The van der Waals surface area contributed by atoms with Crippen LogP contribution in [0.3, 0.4) is 0 Å². The van der Waals surface area contributed by atoms with Crippen LogP contribution in [0.5, 0.6) is 11.5 Å². The Morgan fingerprint density at radius 2 is 2.10 bits per heavy atom. The second-order valence-electron chi connectivity index (χ2n) is 6.51. The van der Waals surface area contributed by atoms with E-state index < -0.39 is 0 Å². The summed E-state index contributed by atoms with van der Waals surface area (Å²) >= 11 is 0. The summed E-state index contributed by atoms with van der Waals surface area (Å²) in [6.45, 7) is 3.17. The lowest BCUT2D eigenvalue weighted by molar-refractivity contribution is 0.0247. The minimum absolute atomic E-state index is 0.278. The molecule has 1 unspecified atom stereocenters. The van der Waals surface area contributed by atoms with Gasteiger partial charge in [-0.3, -0.25) is 5.32 Å². The third-order valence-electron chi connectivity index (χ3n) is 4.75. The van der Waals surface area contributed by atoms with Crippen LogP contribution in [0, 0.1) is 5.92 Å². The number of phenols is 1. The lowest BCUT2D eigenvalue weighted by Crippen LogP contribution is -2.51. The molecule has 2 aliphatic rings. The van der Waals surface area contributed by atoms with Gasteiger partial charge in [-0.2, -0.15) is 0 Å². The molecule has 0 saturated heterocycles. The minimum Gasteiger partial charge on any atom is -0.508 e. The van der Waals surface area contributed by atoms with E-state index in [0.29, 0.717) is 0 Å². The zero-order valence-electron chi connectivity index (χ0n) is 12.3. The van der Waals surface area contributed by atoms with Gasteiger partial charge in [-0.1, -0.05) is 25.3 Å². The van der Waals surface area contributed by atoms with Crippen molar-refractivity contribution < 1.29 is 9.84 Å². The summed E-state index contributed by atoms with van der Waals surface area (Å²) in [4.78, 5) is 0. The van der Waals surface area contributed by atoms with Gasteiger partial charge in [0.1, 0.15) is 11.5 Å². The highest BCUT2D eigenvalue weighted by Gasteiger charge is 2.32. The molecule has 0 bridgehead atoms. The molecule has 0 amide bonds. The van der Waals surface area contributed by atoms with Gasteiger partial charge in [-0.05, 0) is 43.7 Å². The van der Waals surface area contributed by atoms with Crippen molar-refractivity contribution in [2.75, 3.05) is 6.54 Å². The van der Waals surface area contributed by atoms with Crippen molar-refractivity contribution in [3.8, 4) is 11.5 Å². The largest absolute Gasteiger partial charge is 0.508 e. The van der Waals surface area contributed by atoms with E-state index in [2.05, 4.69) is 12.2 Å². The Balaban J connectivity index is 1.61. The predicted molar refractivity (Wildman–Crippen MR) is 80.0 cm³/mol. The normalized spacial score (nSPS) is 26.9. The van der Waals surface area contributed by atoms with Gasteiger partial charge in [0.05, 0.1) is 0 Å². The highest BCUT2D eigenvalue weighted by molar-refractivity contribution is 5.41. The number of nitrogens with one attached hydrogen (secondary N) is 1. The van der Waals surface area contributed by atoms with Crippen LogP contribution in [0.25, 0.3) is 0 Å². The van der Waals surface area contributed by atoms with E-state index in [1.165, 1.54) is 37.7 Å². The van der Waals surface area contributed by atoms with Crippen molar-refractivity contribution >= 4 is 0 Å². The highest BCUT2D eigenvalue weighted by Crippen LogP contribution is 2.34. The fraction of sp³-hybridized carbons (Fsp3) is 0.647. The molecule has 20 heavy (non-hydrogen) atoms. The molecule has 1 aromatic rings. The first-order chi connectivity index (χ1) is 9.65. The Bertz CT molecular complexity index is 468. The molecule has 2 N–H and O–H groups in total. The number of phenolic OH excluding ortho intramolecular Hbond substituents is 1. The molecule has 1 aliphatic carbocycles. The van der Waals surface area contributed by atoms with Gasteiger partial charge in [0.2, 0.25) is 0 Å². The van der Waals surface area contributed by atoms with E-state index in [1.807, 2.05) is 6.07 Å². The molecule has 3 heteroatoms. The third-order valence-corrected chi connectivity index (χ3v) is 4.75. The number of aromatic hydroxyl groups is 1. The van der Waals surface area contributed by atoms with Gasteiger partial charge in [-0.25, -0.2) is 0 Å². The van der Waals surface area contributed by atoms with Crippen molar-refractivity contribution in [3.05, 3.63) is 23.8 Å². The molecule has 1 saturated carbocycles. The average Bonchev–Trinajstić information content (AvgIpc) is 2.46. The quantitative estimate of drug-likeness (QED) is 0.885. The van der Waals surface area contributed by atoms with Crippen LogP contribution in [0.4, 0.5) is 0 Å². The summed E-state index contributed by atoms with van der Waals surface area (Å²) < 4.78 is 6.12. The van der Waals surface area contributed by atoms with Gasteiger partial charge in [0, 0.05) is 19.0 Å². The van der Waals surface area contributed by atoms with E-state index in [4.69, 9.17) is 4.74 Å². The van der Waals surface area contributed by atoms with Crippen LogP contribution in [0.1, 0.15) is 51.0 Å². The average molecular weight is 275 g/mol. The van der Waals surface area contributed by atoms with Crippen LogP contribution in [-0.4, -0.2) is 17.4 Å². The van der Waals surface area contributed by atoms with Gasteiger partial charge >= 0.3 is 0 Å². The predicted octanol–water partition coefficient (Wildman–Crippen LogP) is 3.60. The molecule has 1 aliphatic heterocycles. The Hall–Kier alpha value is -1.22. The minimum atomic E-state index is -0.293. The molecule has 3 rings (SSSR count). The number of ether oxygens (including phenoxy) is 1. The maximum atomic E-state index is 9.59. The second kappa shape index (κ2) is 5.65. The Morgan fingerprint density at radius 3 is 2.90 bits per heavy atom. The molecule has 1 aromatic carbocycles. The summed E-state index contributed by atoms with van der Waals surface area (Å²) in [6.07, 6.45) is 8.83. The SMILES string of the molecule is CC1(NCC2CCCCC2)CCc2ccc(O)cc2O1. The van der Waals surface area contributed by atoms with Gasteiger partial charge < -0.3 is 9.84 Å². The van der Waals surface area contributed by atoms with E-state index in [0.717, 1.165) is 31.1 Å². The first-order valence-electron chi connectivity index (χ1n) is 7.91. The van der Waals surface area contributed by atoms with Gasteiger partial charge in [-0.15, -0.1) is 0 Å². The molecular formula is C17H25NO2. The second-order valence-corrected chi connectivity index (χ2v) is 6.51. The molecule has 3 nitrogen and oxygen atoms in total. The van der Waals surface area contributed by atoms with Crippen molar-refractivity contribution in [1.82, 2.24) is 5.32 Å². The number of rotatable bonds is 3. The van der Waals surface area contributed by atoms with Crippen molar-refractivity contribution in [3.63, 3.8) is 0 Å². The van der Waals surface area contributed by atoms with Crippen LogP contribution in [0.15, 0.2) is 18.2 Å². The number of aryl methyl sites for hydroxylation is 1. The van der Waals surface area contributed by atoms with E-state index in [9.17, 15) is 5.11 Å². The first kappa shape index (κ1) is 13.7. The summed E-state index contributed by atoms with van der Waals surface area (Å²) in [7, 11) is 0. The van der Waals surface area contributed by atoms with Crippen molar-refractivity contribution in [2.45, 2.75) is 57.6 Å². The summed E-state index contributed by atoms with van der Waals surface area (Å²) in [5.41, 5.74) is 0.901. The molecule has 1 atom stereocenters. The number of benzene rings is 1. The summed E-state index contributed by atoms with van der Waals surface area (Å²) in [6, 6.07) is 5.43. The molecule has 0 radical (unpaired) electrons. The molecular weight excluding hydrogens is 250 g/mol. The molecule has 110 valence electrons. The molecule has 1 heterocycles. The maximum Gasteiger partial charge on any atom is 0.158 e. The maximum absolute atomic E-state index is 9.59. The number of hydrogen-bond acceptors (Lipinski definition) is 3. The number of fused-ring (bicyclic) bond motifs is 1. The van der Waals surface area contributed by atoms with Gasteiger partial charge in [0.15, 0.2) is 5.72 Å². The van der Waals surface area contributed by atoms with Crippen molar-refractivity contribution in [2.24, 2.45) is 5.92 Å². The third kappa shape index (κ3) is 3.09. The van der Waals surface area contributed by atoms with Crippen LogP contribution in [-0.2, 0) is 6.42 Å². The van der Waals surface area contributed by atoms with Crippen LogP contribution >= 0.6 is 0 Å².